The summed E-state index contributed by atoms with van der Waals surface area (Å²) < 4.78 is 2.33. The van der Waals surface area contributed by atoms with Crippen LogP contribution in [0, 0.1) is 0 Å². The Balaban J connectivity index is 1.88. The number of benzene rings is 2. The highest BCUT2D eigenvalue weighted by atomic mass is 32.1. The van der Waals surface area contributed by atoms with E-state index in [1.807, 2.05) is 23.6 Å². The van der Waals surface area contributed by atoms with E-state index in [9.17, 15) is 0 Å². The minimum atomic E-state index is 0.800. The van der Waals surface area contributed by atoms with Gasteiger partial charge in [-0.3, -0.25) is 5.01 Å². The Kier molecular flexibility index (Phi) is 3.95. The summed E-state index contributed by atoms with van der Waals surface area (Å²) in [5.41, 5.74) is 10.0. The fraction of sp³-hybridized carbons (Fsp3) is 0.100. The van der Waals surface area contributed by atoms with Gasteiger partial charge in [0.05, 0.1) is 16.3 Å². The number of hydrogen-bond acceptors (Lipinski definition) is 4. The molecule has 2 aromatic heterocycles. The lowest BCUT2D eigenvalue weighted by molar-refractivity contribution is 0.827. The molecule has 0 saturated carbocycles. The normalized spacial score (nSPS) is 12.2. The van der Waals surface area contributed by atoms with Crippen molar-refractivity contribution in [3.8, 4) is 0 Å². The molecule has 0 radical (unpaired) electrons. The molecule has 25 heavy (non-hydrogen) atoms. The van der Waals surface area contributed by atoms with Crippen molar-refractivity contribution < 1.29 is 0 Å². The van der Waals surface area contributed by atoms with Crippen LogP contribution in [0.4, 0.5) is 5.69 Å². The van der Waals surface area contributed by atoms with Crippen molar-refractivity contribution in [2.75, 3.05) is 5.01 Å². The third kappa shape index (κ3) is 2.49. The summed E-state index contributed by atoms with van der Waals surface area (Å²) in [7, 11) is 0. The summed E-state index contributed by atoms with van der Waals surface area (Å²) in [6.45, 7) is 3.10. The van der Waals surface area contributed by atoms with Gasteiger partial charge in [-0.05, 0) is 42.6 Å². The number of aryl methyl sites for hydroxylation is 1. The minimum absolute atomic E-state index is 0.800. The predicted octanol–water partition coefficient (Wildman–Crippen LogP) is 4.51. The molecule has 0 unspecified atom stereocenters. The van der Waals surface area contributed by atoms with Crippen molar-refractivity contribution in [2.45, 2.75) is 13.5 Å². The molecule has 0 atom stereocenters. The zero-order chi connectivity index (χ0) is 17.4. The van der Waals surface area contributed by atoms with Crippen LogP contribution in [0.25, 0.3) is 27.5 Å². The van der Waals surface area contributed by atoms with Gasteiger partial charge in [-0.1, -0.05) is 24.3 Å². The molecule has 4 aromatic rings. The number of hydrazine groups is 1. The topological polar surface area (TPSA) is 60.2 Å². The highest BCUT2D eigenvalue weighted by molar-refractivity contribution is 7.11. The number of rotatable bonds is 4. The largest absolute Gasteiger partial charge is 0.403 e. The number of aromatic nitrogens is 1. The zero-order valence-electron chi connectivity index (χ0n) is 14.0. The summed E-state index contributed by atoms with van der Waals surface area (Å²) in [5.74, 6) is 6.40. The maximum absolute atomic E-state index is 6.40. The third-order valence-electron chi connectivity index (χ3n) is 4.54. The Hall–Kier alpha value is -2.76. The molecule has 0 spiro atoms. The molecule has 0 bridgehead atoms. The van der Waals surface area contributed by atoms with Gasteiger partial charge in [-0.2, -0.15) is 0 Å². The van der Waals surface area contributed by atoms with Crippen LogP contribution < -0.4 is 16.6 Å². The average molecular weight is 348 g/mol. The molecular formula is C20H20N4S. The van der Waals surface area contributed by atoms with Crippen molar-refractivity contribution in [1.29, 1.82) is 0 Å². The van der Waals surface area contributed by atoms with Crippen molar-refractivity contribution >= 4 is 44.5 Å². The van der Waals surface area contributed by atoms with Crippen LogP contribution in [0.3, 0.4) is 0 Å². The average Bonchev–Trinajstić information content (AvgIpc) is 3.28. The third-order valence-corrected chi connectivity index (χ3v) is 5.43. The number of nitrogens with two attached hydrogens (primary N) is 2. The number of anilines is 1. The summed E-state index contributed by atoms with van der Waals surface area (Å²) >= 11 is 1.62. The van der Waals surface area contributed by atoms with Crippen LogP contribution in [0.5, 0.6) is 0 Å². The van der Waals surface area contributed by atoms with Crippen LogP contribution in [-0.4, -0.2) is 4.57 Å². The Labute approximate surface area is 150 Å². The lowest BCUT2D eigenvalue weighted by Gasteiger charge is -2.21. The molecule has 0 aliphatic carbocycles. The van der Waals surface area contributed by atoms with Crippen LogP contribution >= 0.6 is 11.3 Å². The molecule has 126 valence electrons. The maximum Gasteiger partial charge on any atom is 0.0901 e. The Morgan fingerprint density at radius 1 is 1.08 bits per heavy atom. The molecule has 0 aliphatic heterocycles. The molecule has 4 nitrogen and oxygen atoms in total. The second kappa shape index (κ2) is 6.27. The molecule has 2 aromatic carbocycles. The first kappa shape index (κ1) is 15.7. The number of hydrogen-bond donors (Lipinski definition) is 2. The first-order chi connectivity index (χ1) is 12.2. The molecule has 0 fully saturated rings. The number of nitrogens with zero attached hydrogens (tertiary/aromatic N) is 2. The van der Waals surface area contributed by atoms with Gasteiger partial charge in [0.25, 0.3) is 0 Å². The van der Waals surface area contributed by atoms with Crippen molar-refractivity contribution in [3.63, 3.8) is 0 Å². The van der Waals surface area contributed by atoms with Crippen LogP contribution in [-0.2, 0) is 6.54 Å². The van der Waals surface area contributed by atoms with Gasteiger partial charge in [-0.25, -0.2) is 5.84 Å². The zero-order valence-corrected chi connectivity index (χ0v) is 14.8. The van der Waals surface area contributed by atoms with E-state index in [2.05, 4.69) is 47.9 Å². The molecule has 2 heterocycles. The highest BCUT2D eigenvalue weighted by Crippen LogP contribution is 2.33. The molecule has 0 aliphatic rings. The van der Waals surface area contributed by atoms with Crippen molar-refractivity contribution in [3.05, 3.63) is 71.1 Å². The quantitative estimate of drug-likeness (QED) is 0.421. The van der Waals surface area contributed by atoms with Crippen molar-refractivity contribution in [2.24, 2.45) is 11.6 Å². The lowest BCUT2D eigenvalue weighted by Crippen LogP contribution is -2.29. The molecule has 4 rings (SSSR count). The van der Waals surface area contributed by atoms with Crippen LogP contribution in [0.2, 0.25) is 0 Å². The van der Waals surface area contributed by atoms with Gasteiger partial charge in [-0.15, -0.1) is 11.3 Å². The summed E-state index contributed by atoms with van der Waals surface area (Å²) in [5, 5.41) is 6.12. The van der Waals surface area contributed by atoms with E-state index in [4.69, 9.17) is 11.6 Å². The monoisotopic (exact) mass is 348 g/mol. The fourth-order valence-electron chi connectivity index (χ4n) is 3.38. The second-order valence-electron chi connectivity index (χ2n) is 5.86. The summed E-state index contributed by atoms with van der Waals surface area (Å²) in [6.07, 6.45) is 1.56. The van der Waals surface area contributed by atoms with Crippen molar-refractivity contribution in [1.82, 2.24) is 4.57 Å². The summed E-state index contributed by atoms with van der Waals surface area (Å²) in [6, 6.07) is 18.8. The number of thiophene rings is 1. The fourth-order valence-corrected chi connectivity index (χ4v) is 4.12. The van der Waals surface area contributed by atoms with Gasteiger partial charge in [0.1, 0.15) is 0 Å². The van der Waals surface area contributed by atoms with Gasteiger partial charge < -0.3 is 10.3 Å². The van der Waals surface area contributed by atoms with Gasteiger partial charge in [0.2, 0.25) is 0 Å². The van der Waals surface area contributed by atoms with E-state index in [0.717, 1.165) is 22.8 Å². The van der Waals surface area contributed by atoms with Gasteiger partial charge >= 0.3 is 0 Å². The minimum Gasteiger partial charge on any atom is -0.403 e. The standard InChI is InChI=1S/C20H20N4S/c1-2-23-17-7-4-3-6-15(17)16-12-14(9-10-18(16)23)24(22)19(13-21)20-8-5-11-25-20/h3-13H,2,21-22H2,1H3/b19-13-. The van der Waals surface area contributed by atoms with Gasteiger partial charge in [0, 0.05) is 34.6 Å². The Morgan fingerprint density at radius 3 is 2.60 bits per heavy atom. The van der Waals surface area contributed by atoms with Crippen LogP contribution in [0.15, 0.2) is 66.2 Å². The molecule has 0 saturated heterocycles. The van der Waals surface area contributed by atoms with E-state index in [0.29, 0.717) is 0 Å². The maximum atomic E-state index is 6.40. The molecular weight excluding hydrogens is 328 g/mol. The Bertz CT molecular complexity index is 1060. The highest BCUT2D eigenvalue weighted by Gasteiger charge is 2.14. The number of fused-ring (bicyclic) bond motifs is 3. The number of para-hydroxylation sites is 1. The first-order valence-electron chi connectivity index (χ1n) is 8.26. The van der Waals surface area contributed by atoms with Gasteiger partial charge in [0.15, 0.2) is 0 Å². The van der Waals surface area contributed by atoms with E-state index in [1.54, 1.807) is 22.5 Å². The first-order valence-corrected chi connectivity index (χ1v) is 9.14. The smallest absolute Gasteiger partial charge is 0.0901 e. The molecule has 0 amide bonds. The SMILES string of the molecule is CCn1c2ccccc2c2cc(N(N)/C(=C\N)c3cccs3)ccc21. The van der Waals surface area contributed by atoms with Crippen LogP contribution in [0.1, 0.15) is 11.8 Å². The van der Waals surface area contributed by atoms with E-state index >= 15 is 0 Å². The molecule has 4 N–H and O–H groups in total. The van der Waals surface area contributed by atoms with E-state index < -0.39 is 0 Å². The lowest BCUT2D eigenvalue weighted by atomic mass is 10.1. The summed E-state index contributed by atoms with van der Waals surface area (Å²) in [4.78, 5) is 1.04. The molecule has 5 heteroatoms. The van der Waals surface area contributed by atoms with E-state index in [-0.39, 0.29) is 0 Å². The van der Waals surface area contributed by atoms with E-state index in [1.165, 1.54) is 21.8 Å². The predicted molar refractivity (Wildman–Crippen MR) is 108 cm³/mol. The Morgan fingerprint density at radius 2 is 1.88 bits per heavy atom. The second-order valence-corrected chi connectivity index (χ2v) is 6.81.